The molecule has 1 unspecified atom stereocenters. The van der Waals surface area contributed by atoms with Crippen LogP contribution in [0.1, 0.15) is 76.9 Å². The number of ether oxygens (including phenoxy) is 1. The van der Waals surface area contributed by atoms with Crippen molar-refractivity contribution in [2.75, 3.05) is 0 Å². The number of rotatable bonds is 12. The number of hydrogen-bond acceptors (Lipinski definition) is 2. The average molecular weight is 429 g/mol. The molecule has 3 rings (SSSR count). The van der Waals surface area contributed by atoms with Gasteiger partial charge in [-0.25, -0.2) is 0 Å². The van der Waals surface area contributed by atoms with Gasteiger partial charge in [-0.05, 0) is 41.2 Å². The Kier molecular flexibility index (Phi) is 9.56. The summed E-state index contributed by atoms with van der Waals surface area (Å²) in [6, 6.07) is 27.3. The Hall–Kier alpha value is -2.87. The Morgan fingerprint density at radius 3 is 1.84 bits per heavy atom. The highest BCUT2D eigenvalue weighted by atomic mass is 16.5. The molecule has 0 spiro atoms. The molecule has 0 aliphatic carbocycles. The highest BCUT2D eigenvalue weighted by molar-refractivity contribution is 5.83. The molecule has 0 N–H and O–H groups in total. The second-order valence-electron chi connectivity index (χ2n) is 8.54. The molecule has 0 fully saturated rings. The lowest BCUT2D eigenvalue weighted by atomic mass is 9.94. The van der Waals surface area contributed by atoms with E-state index in [1.54, 1.807) is 0 Å². The molecule has 0 saturated heterocycles. The number of carbonyl (C=O) groups is 1. The third-order valence-corrected chi connectivity index (χ3v) is 6.00. The molecule has 32 heavy (non-hydrogen) atoms. The summed E-state index contributed by atoms with van der Waals surface area (Å²) in [5.74, 6) is -0.0930. The van der Waals surface area contributed by atoms with Crippen LogP contribution in [0.4, 0.5) is 0 Å². The Bertz CT molecular complexity index is 944. The fourth-order valence-electron chi connectivity index (χ4n) is 4.09. The van der Waals surface area contributed by atoms with Gasteiger partial charge in [0.15, 0.2) is 0 Å². The van der Waals surface area contributed by atoms with Crippen molar-refractivity contribution in [1.29, 1.82) is 0 Å². The SMILES string of the molecule is CCCCCCCCCC(=O)OC(C)c1ccc(-c2ccccc2-c2ccccc2)cc1. The Morgan fingerprint density at radius 1 is 0.688 bits per heavy atom. The molecule has 168 valence electrons. The molecule has 0 bridgehead atoms. The topological polar surface area (TPSA) is 26.3 Å². The summed E-state index contributed by atoms with van der Waals surface area (Å²) < 4.78 is 5.68. The van der Waals surface area contributed by atoms with Crippen LogP contribution >= 0.6 is 0 Å². The zero-order chi connectivity index (χ0) is 22.6. The fourth-order valence-corrected chi connectivity index (χ4v) is 4.09. The molecule has 1 atom stereocenters. The van der Waals surface area contributed by atoms with Gasteiger partial charge in [0, 0.05) is 6.42 Å². The Morgan fingerprint density at radius 2 is 1.22 bits per heavy atom. The normalized spacial score (nSPS) is 11.8. The lowest BCUT2D eigenvalue weighted by molar-refractivity contribution is -0.148. The second kappa shape index (κ2) is 12.9. The van der Waals surface area contributed by atoms with Crippen LogP contribution in [0.25, 0.3) is 22.3 Å². The summed E-state index contributed by atoms with van der Waals surface area (Å²) >= 11 is 0. The number of carbonyl (C=O) groups excluding carboxylic acids is 1. The molecular weight excluding hydrogens is 392 g/mol. The van der Waals surface area contributed by atoms with Gasteiger partial charge in [0.05, 0.1) is 0 Å². The molecular formula is C30H36O2. The predicted molar refractivity (Wildman–Crippen MR) is 134 cm³/mol. The third-order valence-electron chi connectivity index (χ3n) is 6.00. The second-order valence-corrected chi connectivity index (χ2v) is 8.54. The molecule has 0 amide bonds. The summed E-state index contributed by atoms with van der Waals surface area (Å²) in [6.07, 6.45) is 8.71. The van der Waals surface area contributed by atoms with Crippen LogP contribution < -0.4 is 0 Å². The first-order valence-corrected chi connectivity index (χ1v) is 12.1. The van der Waals surface area contributed by atoms with Crippen molar-refractivity contribution in [2.45, 2.75) is 71.3 Å². The first kappa shape index (κ1) is 23.8. The van der Waals surface area contributed by atoms with Crippen LogP contribution in [0.5, 0.6) is 0 Å². The standard InChI is InChI=1S/C30H36O2/c1-3-4-5-6-7-8-12-19-30(31)32-24(2)25-20-22-27(23-21-25)29-18-14-13-17-28(29)26-15-10-9-11-16-26/h9-11,13-18,20-24H,3-8,12,19H2,1-2H3. The molecule has 0 radical (unpaired) electrons. The fraction of sp³-hybridized carbons (Fsp3) is 0.367. The molecule has 2 heteroatoms. The highest BCUT2D eigenvalue weighted by Crippen LogP contribution is 2.32. The largest absolute Gasteiger partial charge is 0.458 e. The lowest BCUT2D eigenvalue weighted by Crippen LogP contribution is -2.08. The van der Waals surface area contributed by atoms with E-state index in [0.29, 0.717) is 6.42 Å². The molecule has 0 aromatic heterocycles. The van der Waals surface area contributed by atoms with E-state index < -0.39 is 0 Å². The number of esters is 1. The van der Waals surface area contributed by atoms with Gasteiger partial charge in [-0.1, -0.05) is 124 Å². The third kappa shape index (κ3) is 7.09. The molecule has 0 aliphatic rings. The van der Waals surface area contributed by atoms with Gasteiger partial charge < -0.3 is 4.74 Å². The van der Waals surface area contributed by atoms with Gasteiger partial charge >= 0.3 is 5.97 Å². The van der Waals surface area contributed by atoms with Crippen LogP contribution in [0.3, 0.4) is 0 Å². The van der Waals surface area contributed by atoms with Gasteiger partial charge in [0.25, 0.3) is 0 Å². The maximum atomic E-state index is 12.2. The van der Waals surface area contributed by atoms with Crippen molar-refractivity contribution in [2.24, 2.45) is 0 Å². The highest BCUT2D eigenvalue weighted by Gasteiger charge is 2.13. The van der Waals surface area contributed by atoms with Crippen molar-refractivity contribution in [1.82, 2.24) is 0 Å². The Labute approximate surface area is 193 Å². The molecule has 0 aliphatic heterocycles. The van der Waals surface area contributed by atoms with Crippen molar-refractivity contribution in [3.8, 4) is 22.3 Å². The first-order valence-electron chi connectivity index (χ1n) is 12.1. The van der Waals surface area contributed by atoms with Gasteiger partial charge in [0.1, 0.15) is 6.10 Å². The number of unbranched alkanes of at least 4 members (excludes halogenated alkanes) is 6. The van der Waals surface area contributed by atoms with E-state index in [4.69, 9.17) is 4.74 Å². The average Bonchev–Trinajstić information content (AvgIpc) is 2.84. The molecule has 3 aromatic rings. The van der Waals surface area contributed by atoms with Crippen LogP contribution in [-0.4, -0.2) is 5.97 Å². The summed E-state index contributed by atoms with van der Waals surface area (Å²) in [5, 5.41) is 0. The molecule has 3 aromatic carbocycles. The quantitative estimate of drug-likeness (QED) is 0.213. The maximum Gasteiger partial charge on any atom is 0.306 e. The van der Waals surface area contributed by atoms with E-state index in [9.17, 15) is 4.79 Å². The molecule has 0 saturated carbocycles. The molecule has 0 heterocycles. The van der Waals surface area contributed by atoms with Crippen LogP contribution in [0.15, 0.2) is 78.9 Å². The van der Waals surface area contributed by atoms with Crippen molar-refractivity contribution in [3.63, 3.8) is 0 Å². The minimum Gasteiger partial charge on any atom is -0.458 e. The van der Waals surface area contributed by atoms with Gasteiger partial charge in [-0.2, -0.15) is 0 Å². The minimum atomic E-state index is -0.231. The maximum absolute atomic E-state index is 12.2. The summed E-state index contributed by atoms with van der Waals surface area (Å²) in [6.45, 7) is 4.18. The van der Waals surface area contributed by atoms with Crippen LogP contribution in [0, 0.1) is 0 Å². The molecule has 2 nitrogen and oxygen atoms in total. The van der Waals surface area contributed by atoms with E-state index in [-0.39, 0.29) is 12.1 Å². The van der Waals surface area contributed by atoms with E-state index in [0.717, 1.165) is 24.0 Å². The summed E-state index contributed by atoms with van der Waals surface area (Å²) in [7, 11) is 0. The number of benzene rings is 3. The van der Waals surface area contributed by atoms with E-state index >= 15 is 0 Å². The van der Waals surface area contributed by atoms with E-state index in [1.807, 2.05) is 13.0 Å². The zero-order valence-corrected chi connectivity index (χ0v) is 19.6. The summed E-state index contributed by atoms with van der Waals surface area (Å²) in [5.41, 5.74) is 5.82. The smallest absolute Gasteiger partial charge is 0.306 e. The summed E-state index contributed by atoms with van der Waals surface area (Å²) in [4.78, 5) is 12.2. The Balaban J connectivity index is 1.54. The van der Waals surface area contributed by atoms with Crippen molar-refractivity contribution in [3.05, 3.63) is 84.4 Å². The lowest BCUT2D eigenvalue weighted by Gasteiger charge is -2.15. The van der Waals surface area contributed by atoms with Crippen LogP contribution in [0.2, 0.25) is 0 Å². The number of hydrogen-bond donors (Lipinski definition) is 0. The van der Waals surface area contributed by atoms with Gasteiger partial charge in [0.2, 0.25) is 0 Å². The van der Waals surface area contributed by atoms with Crippen molar-refractivity contribution >= 4 is 5.97 Å². The van der Waals surface area contributed by atoms with E-state index in [2.05, 4.69) is 79.7 Å². The van der Waals surface area contributed by atoms with Crippen molar-refractivity contribution < 1.29 is 9.53 Å². The predicted octanol–water partition coefficient (Wildman–Crippen LogP) is 8.77. The first-order chi connectivity index (χ1) is 15.7. The minimum absolute atomic E-state index is 0.0930. The van der Waals surface area contributed by atoms with Gasteiger partial charge in [-0.3, -0.25) is 4.79 Å². The van der Waals surface area contributed by atoms with Crippen LogP contribution in [-0.2, 0) is 9.53 Å². The van der Waals surface area contributed by atoms with E-state index in [1.165, 1.54) is 48.8 Å². The van der Waals surface area contributed by atoms with Gasteiger partial charge in [-0.15, -0.1) is 0 Å². The zero-order valence-electron chi connectivity index (χ0n) is 19.6. The monoisotopic (exact) mass is 428 g/mol.